The van der Waals surface area contributed by atoms with Gasteiger partial charge in [-0.2, -0.15) is 4.98 Å². The normalized spacial score (nSPS) is 17.2. The minimum absolute atomic E-state index is 0.191. The number of aryl methyl sites for hydroxylation is 1. The smallest absolute Gasteiger partial charge is 0.329 e. The Balaban J connectivity index is 2.00. The first-order valence-corrected chi connectivity index (χ1v) is 7.72. The van der Waals surface area contributed by atoms with Crippen LogP contribution in [0.4, 0.5) is 11.6 Å². The minimum atomic E-state index is -0.479. The van der Waals surface area contributed by atoms with Gasteiger partial charge in [-0.15, -0.1) is 0 Å². The second-order valence-corrected chi connectivity index (χ2v) is 6.25. The SMILES string of the molecule is C[C@H]1CN(c2ccc(O)cc2)c2nc3c(c(=O)[nH]c(=O)n3C)n2C1. The number of rotatable bonds is 1. The summed E-state index contributed by atoms with van der Waals surface area (Å²) in [5.41, 5.74) is 0.746. The molecular formula is C16H17N5O3. The molecule has 24 heavy (non-hydrogen) atoms. The molecule has 0 spiro atoms. The highest BCUT2D eigenvalue weighted by molar-refractivity contribution is 5.77. The lowest BCUT2D eigenvalue weighted by atomic mass is 10.1. The number of fused-ring (bicyclic) bond motifs is 3. The zero-order valence-electron chi connectivity index (χ0n) is 13.4. The number of phenolic OH excluding ortho intramolecular Hbond substituents is 1. The van der Waals surface area contributed by atoms with E-state index < -0.39 is 11.2 Å². The fourth-order valence-electron chi connectivity index (χ4n) is 3.22. The lowest BCUT2D eigenvalue weighted by Gasteiger charge is -2.32. The number of hydrogen-bond donors (Lipinski definition) is 2. The summed E-state index contributed by atoms with van der Waals surface area (Å²) in [4.78, 5) is 33.0. The Morgan fingerprint density at radius 2 is 1.92 bits per heavy atom. The monoisotopic (exact) mass is 327 g/mol. The van der Waals surface area contributed by atoms with Crippen molar-refractivity contribution >= 4 is 22.8 Å². The summed E-state index contributed by atoms with van der Waals surface area (Å²) in [5, 5.41) is 9.50. The quantitative estimate of drug-likeness (QED) is 0.693. The fraction of sp³-hybridized carbons (Fsp3) is 0.312. The second kappa shape index (κ2) is 4.98. The van der Waals surface area contributed by atoms with Gasteiger partial charge in [-0.05, 0) is 30.2 Å². The molecule has 0 fully saturated rings. The van der Waals surface area contributed by atoms with E-state index in [1.54, 1.807) is 31.3 Å². The van der Waals surface area contributed by atoms with E-state index in [1.807, 2.05) is 9.47 Å². The standard InChI is InChI=1S/C16H17N5O3/c1-9-7-20(10-3-5-11(22)6-4-10)15-17-13-12(21(15)8-9)14(23)18-16(24)19(13)2/h3-6,9,22H,7-8H2,1-2H3,(H,18,23,24)/t9-/m0/s1. The summed E-state index contributed by atoms with van der Waals surface area (Å²) in [5.74, 6) is 1.11. The predicted molar refractivity (Wildman–Crippen MR) is 89.9 cm³/mol. The molecule has 8 heteroatoms. The summed E-state index contributed by atoms with van der Waals surface area (Å²) in [6.07, 6.45) is 0. The highest BCUT2D eigenvalue weighted by Gasteiger charge is 2.28. The van der Waals surface area contributed by atoms with Crippen LogP contribution in [0.5, 0.6) is 5.75 Å². The van der Waals surface area contributed by atoms with E-state index >= 15 is 0 Å². The molecule has 0 unspecified atom stereocenters. The van der Waals surface area contributed by atoms with Gasteiger partial charge in [0.15, 0.2) is 11.2 Å². The summed E-state index contributed by atoms with van der Waals surface area (Å²) in [6.45, 7) is 3.49. The van der Waals surface area contributed by atoms with Gasteiger partial charge in [0.05, 0.1) is 0 Å². The van der Waals surface area contributed by atoms with Crippen molar-refractivity contribution in [3.63, 3.8) is 0 Å². The van der Waals surface area contributed by atoms with Gasteiger partial charge < -0.3 is 14.6 Å². The number of phenols is 1. The van der Waals surface area contributed by atoms with Gasteiger partial charge in [0, 0.05) is 25.8 Å². The van der Waals surface area contributed by atoms with Crippen LogP contribution in [0.1, 0.15) is 6.92 Å². The van der Waals surface area contributed by atoms with Gasteiger partial charge in [-0.1, -0.05) is 6.92 Å². The van der Waals surface area contributed by atoms with Crippen LogP contribution in [0.25, 0.3) is 11.2 Å². The van der Waals surface area contributed by atoms with Crippen LogP contribution in [0.3, 0.4) is 0 Å². The molecule has 8 nitrogen and oxygen atoms in total. The number of nitrogens with one attached hydrogen (secondary N) is 1. The largest absolute Gasteiger partial charge is 0.508 e. The van der Waals surface area contributed by atoms with Crippen LogP contribution in [0.15, 0.2) is 33.9 Å². The molecule has 0 radical (unpaired) electrons. The summed E-state index contributed by atoms with van der Waals surface area (Å²) in [7, 11) is 1.59. The number of aromatic nitrogens is 4. The van der Waals surface area contributed by atoms with E-state index in [0.29, 0.717) is 29.6 Å². The Morgan fingerprint density at radius 3 is 2.62 bits per heavy atom. The average molecular weight is 327 g/mol. The van der Waals surface area contributed by atoms with Gasteiger partial charge in [0.25, 0.3) is 5.56 Å². The molecule has 1 aliphatic heterocycles. The first kappa shape index (κ1) is 14.6. The van der Waals surface area contributed by atoms with Crippen molar-refractivity contribution in [2.24, 2.45) is 13.0 Å². The van der Waals surface area contributed by atoms with Gasteiger partial charge >= 0.3 is 5.69 Å². The topological polar surface area (TPSA) is 96.2 Å². The molecule has 0 bridgehead atoms. The Labute approximate surface area is 136 Å². The Hall–Kier alpha value is -3.03. The van der Waals surface area contributed by atoms with Gasteiger partial charge in [0.2, 0.25) is 5.95 Å². The van der Waals surface area contributed by atoms with E-state index in [-0.39, 0.29) is 5.75 Å². The number of aromatic hydroxyl groups is 1. The zero-order chi connectivity index (χ0) is 17.0. The van der Waals surface area contributed by atoms with E-state index in [9.17, 15) is 14.7 Å². The van der Waals surface area contributed by atoms with E-state index in [2.05, 4.69) is 16.9 Å². The van der Waals surface area contributed by atoms with E-state index in [1.165, 1.54) is 4.57 Å². The lowest BCUT2D eigenvalue weighted by Crippen LogP contribution is -2.35. The number of imidazole rings is 1. The molecule has 0 aliphatic carbocycles. The Morgan fingerprint density at radius 1 is 1.21 bits per heavy atom. The van der Waals surface area contributed by atoms with Gasteiger partial charge in [0.1, 0.15) is 5.75 Å². The second-order valence-electron chi connectivity index (χ2n) is 6.25. The van der Waals surface area contributed by atoms with Crippen molar-refractivity contribution in [3.8, 4) is 5.75 Å². The molecule has 0 amide bonds. The molecule has 1 aromatic carbocycles. The minimum Gasteiger partial charge on any atom is -0.508 e. The predicted octanol–water partition coefficient (Wildman–Crippen LogP) is 0.917. The number of anilines is 2. The highest BCUT2D eigenvalue weighted by Crippen LogP contribution is 2.33. The Kier molecular flexibility index (Phi) is 3.02. The maximum atomic E-state index is 12.3. The van der Waals surface area contributed by atoms with Gasteiger partial charge in [-0.3, -0.25) is 14.3 Å². The van der Waals surface area contributed by atoms with Crippen LogP contribution in [0.2, 0.25) is 0 Å². The number of aromatic amines is 1. The van der Waals surface area contributed by atoms with Crippen LogP contribution in [0, 0.1) is 5.92 Å². The van der Waals surface area contributed by atoms with Crippen molar-refractivity contribution in [2.45, 2.75) is 13.5 Å². The molecule has 1 atom stereocenters. The van der Waals surface area contributed by atoms with Crippen molar-refractivity contribution < 1.29 is 5.11 Å². The van der Waals surface area contributed by atoms with Crippen LogP contribution in [-0.2, 0) is 13.6 Å². The van der Waals surface area contributed by atoms with Crippen molar-refractivity contribution in [1.29, 1.82) is 0 Å². The zero-order valence-corrected chi connectivity index (χ0v) is 13.4. The molecule has 2 aromatic heterocycles. The highest BCUT2D eigenvalue weighted by atomic mass is 16.3. The van der Waals surface area contributed by atoms with E-state index in [0.717, 1.165) is 12.2 Å². The molecule has 2 N–H and O–H groups in total. The van der Waals surface area contributed by atoms with Crippen molar-refractivity contribution in [3.05, 3.63) is 45.1 Å². The summed E-state index contributed by atoms with van der Waals surface area (Å²) >= 11 is 0. The molecular weight excluding hydrogens is 310 g/mol. The molecule has 124 valence electrons. The first-order chi connectivity index (χ1) is 11.5. The number of benzene rings is 1. The maximum Gasteiger partial charge on any atom is 0.329 e. The molecule has 3 heterocycles. The van der Waals surface area contributed by atoms with Crippen molar-refractivity contribution in [2.75, 3.05) is 11.4 Å². The number of H-pyrrole nitrogens is 1. The van der Waals surface area contributed by atoms with Crippen LogP contribution < -0.4 is 16.1 Å². The van der Waals surface area contributed by atoms with Crippen LogP contribution >= 0.6 is 0 Å². The number of nitrogens with zero attached hydrogens (tertiary/aromatic N) is 4. The number of hydrogen-bond acceptors (Lipinski definition) is 5. The maximum absolute atomic E-state index is 12.3. The summed E-state index contributed by atoms with van der Waals surface area (Å²) in [6, 6.07) is 6.84. The van der Waals surface area contributed by atoms with Crippen molar-refractivity contribution in [1.82, 2.24) is 19.1 Å². The third kappa shape index (κ3) is 2.03. The van der Waals surface area contributed by atoms with E-state index in [4.69, 9.17) is 0 Å². The Bertz CT molecular complexity index is 1040. The molecule has 0 saturated carbocycles. The first-order valence-electron chi connectivity index (χ1n) is 7.72. The average Bonchev–Trinajstić information content (AvgIpc) is 2.92. The molecule has 1 aliphatic rings. The fourth-order valence-corrected chi connectivity index (χ4v) is 3.22. The third-order valence-electron chi connectivity index (χ3n) is 4.38. The third-order valence-corrected chi connectivity index (χ3v) is 4.38. The lowest BCUT2D eigenvalue weighted by molar-refractivity contribution is 0.458. The molecule has 0 saturated heterocycles. The van der Waals surface area contributed by atoms with Crippen LogP contribution in [-0.4, -0.2) is 30.8 Å². The van der Waals surface area contributed by atoms with Gasteiger partial charge in [-0.25, -0.2) is 4.79 Å². The summed E-state index contributed by atoms with van der Waals surface area (Å²) < 4.78 is 3.20. The molecule has 4 rings (SSSR count). The molecule has 3 aromatic rings.